The van der Waals surface area contributed by atoms with E-state index in [1.54, 1.807) is 0 Å². The summed E-state index contributed by atoms with van der Waals surface area (Å²) in [4.78, 5) is 14.8. The molecule has 1 N–H and O–H groups in total. The second-order valence-electron chi connectivity index (χ2n) is 3.33. The minimum atomic E-state index is -0.823. The highest BCUT2D eigenvalue weighted by atomic mass is 35.5. The fourth-order valence-corrected chi connectivity index (χ4v) is 1.62. The number of rotatable bonds is 2. The number of halogens is 1. The maximum Gasteiger partial charge on any atom is 0.328 e. The van der Waals surface area contributed by atoms with Crippen molar-refractivity contribution in [3.05, 3.63) is 35.9 Å². The van der Waals surface area contributed by atoms with Crippen LogP contribution in [0.3, 0.4) is 0 Å². The SMILES string of the molecule is Cl.O=C(O)[C@@H]1CCC(c2ccccc2)=N1. The number of aliphatic imine (C=N–C) groups is 1. The molecule has 0 fully saturated rings. The fourth-order valence-electron chi connectivity index (χ4n) is 1.62. The van der Waals surface area contributed by atoms with Crippen LogP contribution in [0.4, 0.5) is 0 Å². The van der Waals surface area contributed by atoms with E-state index in [4.69, 9.17) is 5.11 Å². The summed E-state index contributed by atoms with van der Waals surface area (Å²) in [5, 5.41) is 8.77. The highest BCUT2D eigenvalue weighted by molar-refractivity contribution is 6.03. The molecule has 1 heterocycles. The van der Waals surface area contributed by atoms with Crippen LogP contribution in [0.2, 0.25) is 0 Å². The summed E-state index contributed by atoms with van der Waals surface area (Å²) in [5.74, 6) is -0.823. The van der Waals surface area contributed by atoms with Crippen LogP contribution >= 0.6 is 12.4 Å². The molecule has 1 aromatic carbocycles. The van der Waals surface area contributed by atoms with Gasteiger partial charge in [-0.2, -0.15) is 0 Å². The van der Waals surface area contributed by atoms with Gasteiger partial charge >= 0.3 is 5.97 Å². The lowest BCUT2D eigenvalue weighted by Crippen LogP contribution is -2.13. The van der Waals surface area contributed by atoms with Crippen LogP contribution in [0, 0.1) is 0 Å². The normalized spacial score (nSPS) is 19.2. The van der Waals surface area contributed by atoms with Gasteiger partial charge in [-0.05, 0) is 18.4 Å². The predicted octanol–water partition coefficient (Wildman–Crippen LogP) is 2.14. The van der Waals surface area contributed by atoms with E-state index in [2.05, 4.69) is 4.99 Å². The molecule has 0 aliphatic carbocycles. The van der Waals surface area contributed by atoms with E-state index in [1.807, 2.05) is 30.3 Å². The van der Waals surface area contributed by atoms with E-state index < -0.39 is 12.0 Å². The minimum Gasteiger partial charge on any atom is -0.480 e. The van der Waals surface area contributed by atoms with Gasteiger partial charge in [0.05, 0.1) is 0 Å². The van der Waals surface area contributed by atoms with Crippen LogP contribution in [-0.4, -0.2) is 22.8 Å². The number of carboxylic acid groups (broad SMARTS) is 1. The summed E-state index contributed by atoms with van der Waals surface area (Å²) in [7, 11) is 0. The molecule has 0 spiro atoms. The van der Waals surface area contributed by atoms with Crippen molar-refractivity contribution < 1.29 is 9.90 Å². The van der Waals surface area contributed by atoms with Gasteiger partial charge in [0.1, 0.15) is 6.04 Å². The molecular formula is C11H12ClNO2. The van der Waals surface area contributed by atoms with Gasteiger partial charge in [-0.1, -0.05) is 30.3 Å². The van der Waals surface area contributed by atoms with E-state index in [9.17, 15) is 4.79 Å². The van der Waals surface area contributed by atoms with E-state index >= 15 is 0 Å². The topological polar surface area (TPSA) is 49.7 Å². The molecule has 15 heavy (non-hydrogen) atoms. The first-order valence-corrected chi connectivity index (χ1v) is 4.62. The average Bonchev–Trinajstić information content (AvgIpc) is 2.68. The smallest absolute Gasteiger partial charge is 0.328 e. The van der Waals surface area contributed by atoms with Crippen LogP contribution < -0.4 is 0 Å². The third-order valence-electron chi connectivity index (χ3n) is 2.36. The predicted molar refractivity (Wildman–Crippen MR) is 60.9 cm³/mol. The molecule has 0 unspecified atom stereocenters. The van der Waals surface area contributed by atoms with Crippen molar-refractivity contribution in [2.75, 3.05) is 0 Å². The number of nitrogens with zero attached hydrogens (tertiary/aromatic N) is 1. The summed E-state index contributed by atoms with van der Waals surface area (Å²) in [5.41, 5.74) is 1.95. The molecule has 1 atom stereocenters. The standard InChI is InChI=1S/C11H11NO2.ClH/c13-11(14)10-7-6-9(12-10)8-4-2-1-3-5-8;/h1-5,10H,6-7H2,(H,13,14);1H/t10-;/m0./s1. The van der Waals surface area contributed by atoms with Crippen molar-refractivity contribution >= 4 is 24.1 Å². The Hall–Kier alpha value is -1.35. The maximum absolute atomic E-state index is 10.7. The molecule has 0 radical (unpaired) electrons. The number of benzene rings is 1. The fraction of sp³-hybridized carbons (Fsp3) is 0.273. The third-order valence-corrected chi connectivity index (χ3v) is 2.36. The van der Waals surface area contributed by atoms with E-state index in [0.29, 0.717) is 6.42 Å². The lowest BCUT2D eigenvalue weighted by atomic mass is 10.1. The second kappa shape index (κ2) is 4.94. The van der Waals surface area contributed by atoms with Crippen molar-refractivity contribution in [2.45, 2.75) is 18.9 Å². The Labute approximate surface area is 94.3 Å². The summed E-state index contributed by atoms with van der Waals surface area (Å²) < 4.78 is 0. The number of carbonyl (C=O) groups is 1. The van der Waals surface area contributed by atoms with Crippen molar-refractivity contribution in [1.29, 1.82) is 0 Å². The van der Waals surface area contributed by atoms with Gasteiger partial charge in [0.25, 0.3) is 0 Å². The summed E-state index contributed by atoms with van der Waals surface area (Å²) >= 11 is 0. The van der Waals surface area contributed by atoms with Crippen LogP contribution in [0.1, 0.15) is 18.4 Å². The number of carboxylic acids is 1. The highest BCUT2D eigenvalue weighted by Crippen LogP contribution is 2.18. The van der Waals surface area contributed by atoms with Crippen LogP contribution in [0.15, 0.2) is 35.3 Å². The summed E-state index contributed by atoms with van der Waals surface area (Å²) in [6, 6.07) is 9.20. The Morgan fingerprint density at radius 3 is 2.53 bits per heavy atom. The molecule has 0 bridgehead atoms. The zero-order valence-corrected chi connectivity index (χ0v) is 8.91. The maximum atomic E-state index is 10.7. The van der Waals surface area contributed by atoms with E-state index in [0.717, 1.165) is 17.7 Å². The van der Waals surface area contributed by atoms with Crippen LogP contribution in [0.5, 0.6) is 0 Å². The molecule has 0 amide bonds. The van der Waals surface area contributed by atoms with Crippen molar-refractivity contribution in [1.82, 2.24) is 0 Å². The monoisotopic (exact) mass is 225 g/mol. The van der Waals surface area contributed by atoms with E-state index in [1.165, 1.54) is 0 Å². The van der Waals surface area contributed by atoms with Gasteiger partial charge in [-0.15, -0.1) is 12.4 Å². The van der Waals surface area contributed by atoms with Gasteiger partial charge in [-0.3, -0.25) is 4.99 Å². The van der Waals surface area contributed by atoms with Crippen molar-refractivity contribution in [2.24, 2.45) is 4.99 Å². The molecule has 0 saturated carbocycles. The summed E-state index contributed by atoms with van der Waals surface area (Å²) in [6.45, 7) is 0. The third kappa shape index (κ3) is 2.57. The Kier molecular flexibility index (Phi) is 3.86. The molecule has 4 heteroatoms. The molecule has 0 saturated heterocycles. The largest absolute Gasteiger partial charge is 0.480 e. The number of hydrogen-bond donors (Lipinski definition) is 1. The van der Waals surface area contributed by atoms with Crippen LogP contribution in [0.25, 0.3) is 0 Å². The Morgan fingerprint density at radius 1 is 1.33 bits per heavy atom. The first kappa shape index (κ1) is 11.7. The first-order chi connectivity index (χ1) is 6.77. The summed E-state index contributed by atoms with van der Waals surface area (Å²) in [6.07, 6.45) is 1.39. The first-order valence-electron chi connectivity index (χ1n) is 4.62. The lowest BCUT2D eigenvalue weighted by Gasteiger charge is -1.97. The molecule has 80 valence electrons. The van der Waals surface area contributed by atoms with Gasteiger partial charge in [0.2, 0.25) is 0 Å². The zero-order valence-electron chi connectivity index (χ0n) is 8.09. The highest BCUT2D eigenvalue weighted by Gasteiger charge is 2.23. The quantitative estimate of drug-likeness (QED) is 0.839. The number of hydrogen-bond acceptors (Lipinski definition) is 2. The van der Waals surface area contributed by atoms with Crippen LogP contribution in [-0.2, 0) is 4.79 Å². The Balaban J connectivity index is 0.00000112. The number of aliphatic carboxylic acids is 1. The van der Waals surface area contributed by atoms with E-state index in [-0.39, 0.29) is 12.4 Å². The van der Waals surface area contributed by atoms with Crippen molar-refractivity contribution in [3.8, 4) is 0 Å². The van der Waals surface area contributed by atoms with Gasteiger partial charge in [0, 0.05) is 5.71 Å². The molecule has 3 nitrogen and oxygen atoms in total. The van der Waals surface area contributed by atoms with Crippen molar-refractivity contribution in [3.63, 3.8) is 0 Å². The Bertz CT molecular complexity index is 375. The average molecular weight is 226 g/mol. The molecule has 1 aliphatic rings. The Morgan fingerprint density at radius 2 is 2.00 bits per heavy atom. The second-order valence-corrected chi connectivity index (χ2v) is 3.33. The zero-order chi connectivity index (χ0) is 9.97. The molecule has 0 aromatic heterocycles. The molecule has 2 rings (SSSR count). The minimum absolute atomic E-state index is 0. The van der Waals surface area contributed by atoms with Gasteiger partial charge in [-0.25, -0.2) is 4.79 Å². The molecular weight excluding hydrogens is 214 g/mol. The lowest BCUT2D eigenvalue weighted by molar-refractivity contribution is -0.138. The molecule has 1 aliphatic heterocycles. The van der Waals surface area contributed by atoms with Gasteiger partial charge in [0.15, 0.2) is 0 Å². The molecule has 1 aromatic rings. The van der Waals surface area contributed by atoms with Gasteiger partial charge < -0.3 is 5.11 Å².